The maximum Gasteiger partial charge on any atom is 0.323 e. The Labute approximate surface area is 92.7 Å². The van der Waals surface area contributed by atoms with Gasteiger partial charge in [-0.3, -0.25) is 0 Å². The van der Waals surface area contributed by atoms with Gasteiger partial charge in [0, 0.05) is 28.8 Å². The van der Waals surface area contributed by atoms with Crippen molar-refractivity contribution in [2.75, 3.05) is 0 Å². The number of halogens is 4. The summed E-state index contributed by atoms with van der Waals surface area (Å²) in [7, 11) is 0. The van der Waals surface area contributed by atoms with Crippen molar-refractivity contribution in [1.82, 2.24) is 0 Å². The molecular formula is C8H5ClF2IN. The van der Waals surface area contributed by atoms with Gasteiger partial charge in [-0.2, -0.15) is 8.78 Å². The average Bonchev–Trinajstić information content (AvgIpc) is 2.03. The largest absolute Gasteiger partial charge is 0.323 e. The molecule has 0 saturated heterocycles. The van der Waals surface area contributed by atoms with Crippen molar-refractivity contribution >= 4 is 40.4 Å². The van der Waals surface area contributed by atoms with E-state index in [-0.39, 0.29) is 10.6 Å². The molecule has 0 unspecified atom stereocenters. The summed E-state index contributed by atoms with van der Waals surface area (Å²) >= 11 is 6.59. The Morgan fingerprint density at radius 2 is 2.08 bits per heavy atom. The molecule has 70 valence electrons. The fraction of sp³-hybridized carbons (Fsp3) is 0.125. The molecule has 1 nitrogen and oxygen atoms in total. The number of hydrogen-bond donors (Lipinski definition) is 1. The van der Waals surface area contributed by atoms with Crippen LogP contribution in [0.2, 0.25) is 5.02 Å². The van der Waals surface area contributed by atoms with Crippen LogP contribution < -0.4 is 0 Å². The Bertz CT molecular complexity index is 335. The van der Waals surface area contributed by atoms with Crippen molar-refractivity contribution in [1.29, 1.82) is 5.41 Å². The Morgan fingerprint density at radius 1 is 1.46 bits per heavy atom. The van der Waals surface area contributed by atoms with Gasteiger partial charge in [-0.15, -0.1) is 0 Å². The van der Waals surface area contributed by atoms with Gasteiger partial charge in [0.25, 0.3) is 0 Å². The Kier molecular flexibility index (Phi) is 3.23. The van der Waals surface area contributed by atoms with Crippen molar-refractivity contribution in [3.63, 3.8) is 0 Å². The van der Waals surface area contributed by atoms with E-state index >= 15 is 0 Å². The Balaban J connectivity index is 3.27. The van der Waals surface area contributed by atoms with Gasteiger partial charge in [-0.05, 0) is 17.7 Å². The highest BCUT2D eigenvalue weighted by molar-refractivity contribution is 14.1. The predicted molar refractivity (Wildman–Crippen MR) is 57.3 cm³/mol. The average molecular weight is 315 g/mol. The second kappa shape index (κ2) is 3.88. The van der Waals surface area contributed by atoms with Crippen molar-refractivity contribution < 1.29 is 8.78 Å². The summed E-state index contributed by atoms with van der Waals surface area (Å²) in [5.41, 5.74) is 0.159. The number of benzene rings is 1. The minimum atomic E-state index is -2.99. The molecule has 0 radical (unpaired) electrons. The molecule has 0 fully saturated rings. The van der Waals surface area contributed by atoms with Crippen LogP contribution in [0.3, 0.4) is 0 Å². The molecule has 0 aromatic heterocycles. The van der Waals surface area contributed by atoms with E-state index in [1.807, 2.05) is 0 Å². The van der Waals surface area contributed by atoms with E-state index in [1.54, 1.807) is 0 Å². The summed E-state index contributed by atoms with van der Waals surface area (Å²) in [4.78, 5) is 0. The molecule has 0 aliphatic heterocycles. The zero-order valence-electron chi connectivity index (χ0n) is 6.32. The zero-order valence-corrected chi connectivity index (χ0v) is 9.23. The lowest BCUT2D eigenvalue weighted by molar-refractivity contribution is 0.127. The molecule has 0 spiro atoms. The first kappa shape index (κ1) is 10.8. The third kappa shape index (κ3) is 2.60. The van der Waals surface area contributed by atoms with Crippen LogP contribution in [-0.2, 0) is 3.93 Å². The van der Waals surface area contributed by atoms with Gasteiger partial charge in [0.1, 0.15) is 0 Å². The van der Waals surface area contributed by atoms with Gasteiger partial charge in [-0.25, -0.2) is 0 Å². The van der Waals surface area contributed by atoms with Crippen LogP contribution in [0.25, 0.3) is 0 Å². The quantitative estimate of drug-likeness (QED) is 0.487. The monoisotopic (exact) mass is 315 g/mol. The minimum Gasteiger partial charge on any atom is -0.308 e. The van der Waals surface area contributed by atoms with Crippen LogP contribution >= 0.6 is 34.2 Å². The van der Waals surface area contributed by atoms with E-state index in [0.29, 0.717) is 5.56 Å². The van der Waals surface area contributed by atoms with E-state index in [4.69, 9.17) is 17.0 Å². The fourth-order valence-corrected chi connectivity index (χ4v) is 1.69. The number of hydrogen-bond acceptors (Lipinski definition) is 1. The smallest absolute Gasteiger partial charge is 0.308 e. The molecule has 0 aliphatic rings. The molecule has 13 heavy (non-hydrogen) atoms. The molecule has 0 saturated carbocycles. The summed E-state index contributed by atoms with van der Waals surface area (Å²) in [6.45, 7) is 0. The van der Waals surface area contributed by atoms with Crippen molar-refractivity contribution in [3.05, 3.63) is 34.3 Å². The number of alkyl halides is 3. The van der Waals surface area contributed by atoms with Crippen LogP contribution in [0.4, 0.5) is 8.78 Å². The topological polar surface area (TPSA) is 23.9 Å². The molecule has 1 aromatic rings. The standard InChI is InChI=1S/C8H5ClF2IN/c9-7-2-1-5(4-13)3-6(7)8(10,11)12/h1-4,13H. The highest BCUT2D eigenvalue weighted by Crippen LogP contribution is 2.39. The molecule has 1 rings (SSSR count). The van der Waals surface area contributed by atoms with Gasteiger partial charge in [-0.1, -0.05) is 17.7 Å². The second-order valence-corrected chi connectivity index (χ2v) is 4.14. The third-order valence-electron chi connectivity index (χ3n) is 1.46. The van der Waals surface area contributed by atoms with Crippen molar-refractivity contribution in [2.45, 2.75) is 3.93 Å². The molecule has 0 amide bonds. The maximum atomic E-state index is 12.9. The fourth-order valence-electron chi connectivity index (χ4n) is 0.850. The van der Waals surface area contributed by atoms with Gasteiger partial charge in [0.15, 0.2) is 0 Å². The lowest BCUT2D eigenvalue weighted by Gasteiger charge is -2.10. The van der Waals surface area contributed by atoms with Crippen LogP contribution in [0.5, 0.6) is 0 Å². The molecule has 0 bridgehead atoms. The lowest BCUT2D eigenvalue weighted by atomic mass is 10.1. The van der Waals surface area contributed by atoms with Crippen molar-refractivity contribution in [3.8, 4) is 0 Å². The summed E-state index contributed by atoms with van der Waals surface area (Å²) < 4.78 is 22.7. The van der Waals surface area contributed by atoms with Gasteiger partial charge >= 0.3 is 3.93 Å². The third-order valence-corrected chi connectivity index (χ3v) is 2.37. The number of nitrogens with one attached hydrogen (secondary N) is 1. The molecule has 0 aliphatic carbocycles. The van der Waals surface area contributed by atoms with E-state index in [1.165, 1.54) is 18.2 Å². The summed E-state index contributed by atoms with van der Waals surface area (Å²) in [6.07, 6.45) is 1.00. The lowest BCUT2D eigenvalue weighted by Crippen LogP contribution is -2.03. The van der Waals surface area contributed by atoms with E-state index in [2.05, 4.69) is 0 Å². The van der Waals surface area contributed by atoms with Crippen LogP contribution in [-0.4, -0.2) is 6.21 Å². The van der Waals surface area contributed by atoms with Gasteiger partial charge in [0.2, 0.25) is 0 Å². The highest BCUT2D eigenvalue weighted by Gasteiger charge is 2.29. The van der Waals surface area contributed by atoms with Crippen molar-refractivity contribution in [2.24, 2.45) is 0 Å². The summed E-state index contributed by atoms with van der Waals surface area (Å²) in [6, 6.07) is 4.09. The molecule has 0 heterocycles. The molecule has 1 N–H and O–H groups in total. The first-order chi connectivity index (χ1) is 5.95. The Hall–Kier alpha value is -0.230. The van der Waals surface area contributed by atoms with Gasteiger partial charge < -0.3 is 5.41 Å². The summed E-state index contributed by atoms with van der Waals surface area (Å²) in [5, 5.41) is 6.92. The molecule has 5 heteroatoms. The number of rotatable bonds is 2. The maximum absolute atomic E-state index is 12.9. The van der Waals surface area contributed by atoms with E-state index in [9.17, 15) is 8.78 Å². The van der Waals surface area contributed by atoms with Crippen LogP contribution in [0.15, 0.2) is 18.2 Å². The highest BCUT2D eigenvalue weighted by atomic mass is 127. The summed E-state index contributed by atoms with van der Waals surface area (Å²) in [5.74, 6) is 0. The SMILES string of the molecule is N=Cc1ccc(Cl)c(C(F)(F)I)c1. The normalized spacial score (nSPS) is 11.4. The van der Waals surface area contributed by atoms with E-state index in [0.717, 1.165) is 28.8 Å². The molecular weight excluding hydrogens is 310 g/mol. The molecule has 1 aromatic carbocycles. The second-order valence-electron chi connectivity index (χ2n) is 2.38. The minimum absolute atomic E-state index is 0.0185. The van der Waals surface area contributed by atoms with Crippen LogP contribution in [0, 0.1) is 5.41 Å². The predicted octanol–water partition coefficient (Wildman–Crippen LogP) is 3.82. The van der Waals surface area contributed by atoms with Crippen LogP contribution in [0.1, 0.15) is 11.1 Å². The first-order valence-electron chi connectivity index (χ1n) is 3.32. The Morgan fingerprint density at radius 3 is 2.54 bits per heavy atom. The van der Waals surface area contributed by atoms with E-state index < -0.39 is 3.93 Å². The van der Waals surface area contributed by atoms with Gasteiger partial charge in [0.05, 0.1) is 10.6 Å². The first-order valence-corrected chi connectivity index (χ1v) is 4.78. The molecule has 0 atom stereocenters. The zero-order chi connectivity index (χ0) is 10.1.